The topological polar surface area (TPSA) is 29.1 Å². The molecule has 1 fully saturated rings. The Morgan fingerprint density at radius 1 is 1.62 bits per heavy atom. The molecule has 0 saturated heterocycles. The Bertz CT molecular complexity index is 217. The maximum atomic E-state index is 11.6. The summed E-state index contributed by atoms with van der Waals surface area (Å²) in [4.78, 5) is 11.6. The minimum Gasteiger partial charge on any atom is -0.355 e. The second kappa shape index (κ2) is 4.91. The second-order valence-electron chi connectivity index (χ2n) is 3.76. The maximum Gasteiger partial charge on any atom is 0.223 e. The van der Waals surface area contributed by atoms with Crippen molar-refractivity contribution >= 4 is 5.91 Å². The molecule has 0 heterocycles. The van der Waals surface area contributed by atoms with Crippen LogP contribution in [0.1, 0.15) is 32.6 Å². The van der Waals surface area contributed by atoms with Gasteiger partial charge in [0, 0.05) is 18.9 Å². The van der Waals surface area contributed by atoms with E-state index >= 15 is 0 Å². The molecule has 0 aromatic rings. The lowest BCUT2D eigenvalue weighted by molar-refractivity contribution is -0.125. The van der Waals surface area contributed by atoms with Crippen molar-refractivity contribution in [2.75, 3.05) is 6.54 Å². The van der Waals surface area contributed by atoms with Crippen molar-refractivity contribution in [3.05, 3.63) is 0 Å². The van der Waals surface area contributed by atoms with E-state index in [1.165, 1.54) is 12.8 Å². The monoisotopic (exact) mass is 179 g/mol. The molecule has 2 nitrogen and oxygen atoms in total. The minimum absolute atomic E-state index is 0.195. The molecule has 0 aromatic carbocycles. The summed E-state index contributed by atoms with van der Waals surface area (Å²) in [5.74, 6) is 3.49. The van der Waals surface area contributed by atoms with Crippen molar-refractivity contribution in [1.82, 2.24) is 5.32 Å². The predicted molar refractivity (Wildman–Crippen MR) is 53.0 cm³/mol. The van der Waals surface area contributed by atoms with Crippen molar-refractivity contribution in [2.45, 2.75) is 32.6 Å². The van der Waals surface area contributed by atoms with E-state index < -0.39 is 0 Å². The van der Waals surface area contributed by atoms with E-state index in [4.69, 9.17) is 6.42 Å². The zero-order valence-electron chi connectivity index (χ0n) is 8.18. The Morgan fingerprint density at radius 2 is 2.38 bits per heavy atom. The first-order valence-electron chi connectivity index (χ1n) is 4.97. The Kier molecular flexibility index (Phi) is 3.82. The zero-order chi connectivity index (χ0) is 9.68. The standard InChI is InChI=1S/C11H17NO/c1-3-4-8-12-11(13)10-7-5-6-9(10)2/h1,9-10H,4-8H2,2H3,(H,12,13). The third-order valence-electron chi connectivity index (χ3n) is 2.77. The first-order chi connectivity index (χ1) is 6.25. The molecule has 2 atom stereocenters. The van der Waals surface area contributed by atoms with Crippen LogP contribution in [0.15, 0.2) is 0 Å². The van der Waals surface area contributed by atoms with Crippen LogP contribution in [0.2, 0.25) is 0 Å². The molecule has 72 valence electrons. The van der Waals surface area contributed by atoms with Gasteiger partial charge < -0.3 is 5.32 Å². The number of terminal acetylenes is 1. The zero-order valence-corrected chi connectivity index (χ0v) is 8.18. The molecule has 0 spiro atoms. The van der Waals surface area contributed by atoms with E-state index in [-0.39, 0.29) is 11.8 Å². The molecule has 0 aliphatic heterocycles. The third kappa shape index (κ3) is 2.77. The highest BCUT2D eigenvalue weighted by Crippen LogP contribution is 2.30. The van der Waals surface area contributed by atoms with Crippen LogP contribution < -0.4 is 5.32 Å². The van der Waals surface area contributed by atoms with Gasteiger partial charge in [-0.1, -0.05) is 13.3 Å². The number of hydrogen-bond acceptors (Lipinski definition) is 1. The first kappa shape index (κ1) is 10.1. The molecular formula is C11H17NO. The van der Waals surface area contributed by atoms with Crippen LogP contribution in [0.4, 0.5) is 0 Å². The summed E-state index contributed by atoms with van der Waals surface area (Å²) in [6, 6.07) is 0. The molecule has 2 unspecified atom stereocenters. The van der Waals surface area contributed by atoms with Gasteiger partial charge in [-0.2, -0.15) is 0 Å². The van der Waals surface area contributed by atoms with Crippen molar-refractivity contribution in [3.63, 3.8) is 0 Å². The molecule has 2 heteroatoms. The molecule has 1 N–H and O–H groups in total. The lowest BCUT2D eigenvalue weighted by Gasteiger charge is -2.14. The van der Waals surface area contributed by atoms with Gasteiger partial charge in [0.2, 0.25) is 5.91 Å². The molecule has 1 rings (SSSR count). The Balaban J connectivity index is 2.27. The molecule has 1 amide bonds. The SMILES string of the molecule is C#CCCNC(=O)C1CCCC1C. The summed E-state index contributed by atoms with van der Waals surface area (Å²) in [6.07, 6.45) is 9.15. The number of carbonyl (C=O) groups excluding carboxylic acids is 1. The quantitative estimate of drug-likeness (QED) is 0.517. The van der Waals surface area contributed by atoms with Gasteiger partial charge >= 0.3 is 0 Å². The molecule has 1 aliphatic carbocycles. The van der Waals surface area contributed by atoms with Gasteiger partial charge in [0.05, 0.1) is 0 Å². The third-order valence-corrected chi connectivity index (χ3v) is 2.77. The average Bonchev–Trinajstić information content (AvgIpc) is 2.52. The lowest BCUT2D eigenvalue weighted by atomic mass is 9.97. The molecule has 0 aromatic heterocycles. The van der Waals surface area contributed by atoms with Gasteiger partial charge in [-0.05, 0) is 18.8 Å². The first-order valence-corrected chi connectivity index (χ1v) is 4.97. The van der Waals surface area contributed by atoms with Crippen LogP contribution in [-0.4, -0.2) is 12.5 Å². The summed E-state index contributed by atoms with van der Waals surface area (Å²) in [7, 11) is 0. The fraction of sp³-hybridized carbons (Fsp3) is 0.727. The molecule has 0 bridgehead atoms. The largest absolute Gasteiger partial charge is 0.355 e. The highest BCUT2D eigenvalue weighted by atomic mass is 16.1. The number of hydrogen-bond donors (Lipinski definition) is 1. The Labute approximate surface area is 80.1 Å². The Hall–Kier alpha value is -0.970. The van der Waals surface area contributed by atoms with Crippen molar-refractivity contribution in [2.24, 2.45) is 11.8 Å². The molecule has 13 heavy (non-hydrogen) atoms. The summed E-state index contributed by atoms with van der Waals surface area (Å²) >= 11 is 0. The average molecular weight is 179 g/mol. The summed E-state index contributed by atoms with van der Waals surface area (Å²) in [5.41, 5.74) is 0. The van der Waals surface area contributed by atoms with Gasteiger partial charge in [0.1, 0.15) is 0 Å². The predicted octanol–water partition coefficient (Wildman–Crippen LogP) is 1.56. The Morgan fingerprint density at radius 3 is 2.92 bits per heavy atom. The number of rotatable bonds is 3. The van der Waals surface area contributed by atoms with Crippen molar-refractivity contribution < 1.29 is 4.79 Å². The fourth-order valence-corrected chi connectivity index (χ4v) is 1.92. The van der Waals surface area contributed by atoms with Gasteiger partial charge in [0.25, 0.3) is 0 Å². The highest BCUT2D eigenvalue weighted by molar-refractivity contribution is 5.79. The summed E-state index contributed by atoms with van der Waals surface area (Å²) < 4.78 is 0. The van der Waals surface area contributed by atoms with Crippen LogP contribution in [0.5, 0.6) is 0 Å². The molecule has 1 aliphatic rings. The van der Waals surface area contributed by atoms with Crippen LogP contribution in [-0.2, 0) is 4.79 Å². The van der Waals surface area contributed by atoms with E-state index in [1.54, 1.807) is 0 Å². The van der Waals surface area contributed by atoms with Crippen LogP contribution in [0, 0.1) is 24.2 Å². The highest BCUT2D eigenvalue weighted by Gasteiger charge is 2.28. The summed E-state index contributed by atoms with van der Waals surface area (Å²) in [6.45, 7) is 2.77. The molecule has 1 saturated carbocycles. The maximum absolute atomic E-state index is 11.6. The number of carbonyl (C=O) groups is 1. The summed E-state index contributed by atoms with van der Waals surface area (Å²) in [5, 5.41) is 2.87. The van der Waals surface area contributed by atoms with Gasteiger partial charge in [-0.15, -0.1) is 12.3 Å². The van der Waals surface area contributed by atoms with E-state index in [0.717, 1.165) is 6.42 Å². The van der Waals surface area contributed by atoms with Crippen molar-refractivity contribution in [1.29, 1.82) is 0 Å². The van der Waals surface area contributed by atoms with Crippen LogP contribution in [0.25, 0.3) is 0 Å². The van der Waals surface area contributed by atoms with Crippen LogP contribution >= 0.6 is 0 Å². The van der Waals surface area contributed by atoms with E-state index in [0.29, 0.717) is 18.9 Å². The lowest BCUT2D eigenvalue weighted by Crippen LogP contribution is -2.32. The fourth-order valence-electron chi connectivity index (χ4n) is 1.92. The van der Waals surface area contributed by atoms with E-state index in [1.807, 2.05) is 0 Å². The van der Waals surface area contributed by atoms with Gasteiger partial charge in [0.15, 0.2) is 0 Å². The molecule has 0 radical (unpaired) electrons. The molecular weight excluding hydrogens is 162 g/mol. The van der Waals surface area contributed by atoms with Crippen molar-refractivity contribution in [3.8, 4) is 12.3 Å². The van der Waals surface area contributed by atoms with E-state index in [2.05, 4.69) is 18.2 Å². The normalized spacial score (nSPS) is 26.8. The van der Waals surface area contributed by atoms with E-state index in [9.17, 15) is 4.79 Å². The second-order valence-corrected chi connectivity index (χ2v) is 3.76. The van der Waals surface area contributed by atoms with Gasteiger partial charge in [-0.25, -0.2) is 0 Å². The number of amides is 1. The van der Waals surface area contributed by atoms with Crippen LogP contribution in [0.3, 0.4) is 0 Å². The van der Waals surface area contributed by atoms with Gasteiger partial charge in [-0.3, -0.25) is 4.79 Å². The smallest absolute Gasteiger partial charge is 0.223 e. The minimum atomic E-state index is 0.195. The number of nitrogens with one attached hydrogen (secondary N) is 1.